The lowest BCUT2D eigenvalue weighted by Gasteiger charge is -2.34. The molecule has 1 aliphatic rings. The second-order valence-electron chi connectivity index (χ2n) is 5.09. The van der Waals surface area contributed by atoms with E-state index in [2.05, 4.69) is 20.8 Å². The van der Waals surface area contributed by atoms with Gasteiger partial charge in [0.1, 0.15) is 0 Å². The first-order valence-corrected chi connectivity index (χ1v) is 6.64. The zero-order valence-electron chi connectivity index (χ0n) is 10.9. The lowest BCUT2D eigenvalue weighted by molar-refractivity contribution is -0.135. The van der Waals surface area contributed by atoms with Crippen LogP contribution in [0, 0.1) is 11.8 Å². The van der Waals surface area contributed by atoms with Crippen molar-refractivity contribution in [1.82, 2.24) is 4.90 Å². The van der Waals surface area contributed by atoms with Gasteiger partial charge in [-0.05, 0) is 24.7 Å². The zero-order chi connectivity index (χ0) is 12.1. The van der Waals surface area contributed by atoms with Gasteiger partial charge in [-0.15, -0.1) is 0 Å². The van der Waals surface area contributed by atoms with Crippen LogP contribution in [0.3, 0.4) is 0 Å². The Morgan fingerprint density at radius 1 is 1.38 bits per heavy atom. The van der Waals surface area contributed by atoms with Crippen LogP contribution in [0.2, 0.25) is 0 Å². The number of amides is 1. The van der Waals surface area contributed by atoms with Crippen LogP contribution >= 0.6 is 0 Å². The molecule has 0 aromatic carbocycles. The van der Waals surface area contributed by atoms with E-state index in [1.54, 1.807) is 0 Å². The molecule has 0 radical (unpaired) electrons. The number of carbonyl (C=O) groups is 1. The van der Waals surface area contributed by atoms with E-state index in [-0.39, 0.29) is 17.9 Å². The van der Waals surface area contributed by atoms with Crippen LogP contribution in [0.1, 0.15) is 46.5 Å². The third-order valence-electron chi connectivity index (χ3n) is 4.05. The van der Waals surface area contributed by atoms with Crippen molar-refractivity contribution in [1.29, 1.82) is 0 Å². The van der Waals surface area contributed by atoms with E-state index in [1.165, 1.54) is 6.42 Å². The van der Waals surface area contributed by atoms with Crippen molar-refractivity contribution in [3.8, 4) is 0 Å². The number of carbonyl (C=O) groups excluding carboxylic acids is 1. The Kier molecular flexibility index (Phi) is 5.26. The molecular formula is C13H26N2O. The van der Waals surface area contributed by atoms with Crippen LogP contribution in [0.4, 0.5) is 0 Å². The fourth-order valence-electron chi connectivity index (χ4n) is 2.27. The molecule has 1 fully saturated rings. The molecule has 2 N–H and O–H groups in total. The van der Waals surface area contributed by atoms with Gasteiger partial charge in [0.05, 0.1) is 6.04 Å². The van der Waals surface area contributed by atoms with Crippen LogP contribution in [0.15, 0.2) is 0 Å². The molecule has 0 unspecified atom stereocenters. The summed E-state index contributed by atoms with van der Waals surface area (Å²) in [6, 6.07) is -0.303. The average Bonchev–Trinajstić information content (AvgIpc) is 2.36. The van der Waals surface area contributed by atoms with Crippen molar-refractivity contribution in [3.63, 3.8) is 0 Å². The Morgan fingerprint density at radius 2 is 1.94 bits per heavy atom. The highest BCUT2D eigenvalue weighted by molar-refractivity contribution is 5.82. The molecule has 3 heteroatoms. The number of likely N-dealkylation sites (tertiary alicyclic amines) is 1. The maximum Gasteiger partial charge on any atom is 0.239 e. The molecule has 94 valence electrons. The number of nitrogens with zero attached hydrogens (tertiary/aromatic N) is 1. The van der Waals surface area contributed by atoms with Gasteiger partial charge < -0.3 is 10.6 Å². The maximum absolute atomic E-state index is 12.1. The van der Waals surface area contributed by atoms with Gasteiger partial charge in [0.2, 0.25) is 5.91 Å². The quantitative estimate of drug-likeness (QED) is 0.797. The summed E-state index contributed by atoms with van der Waals surface area (Å²) < 4.78 is 0. The second-order valence-corrected chi connectivity index (χ2v) is 5.09. The minimum atomic E-state index is -0.303. The van der Waals surface area contributed by atoms with E-state index in [4.69, 9.17) is 5.73 Å². The van der Waals surface area contributed by atoms with Crippen molar-refractivity contribution < 1.29 is 4.79 Å². The Hall–Kier alpha value is -0.570. The highest BCUT2D eigenvalue weighted by Gasteiger charge is 2.27. The summed E-state index contributed by atoms with van der Waals surface area (Å²) in [6.07, 6.45) is 4.50. The predicted molar refractivity (Wildman–Crippen MR) is 67.0 cm³/mol. The number of hydrogen-bond donors (Lipinski definition) is 1. The number of hydrogen-bond acceptors (Lipinski definition) is 2. The van der Waals surface area contributed by atoms with Crippen molar-refractivity contribution in [3.05, 3.63) is 0 Å². The minimum absolute atomic E-state index is 0.156. The Labute approximate surface area is 99.4 Å². The number of rotatable bonds is 4. The van der Waals surface area contributed by atoms with Gasteiger partial charge in [-0.2, -0.15) is 0 Å². The minimum Gasteiger partial charge on any atom is -0.341 e. The van der Waals surface area contributed by atoms with Crippen LogP contribution in [-0.4, -0.2) is 29.9 Å². The van der Waals surface area contributed by atoms with Gasteiger partial charge in [0.25, 0.3) is 0 Å². The molecule has 0 saturated carbocycles. The first-order chi connectivity index (χ1) is 7.60. The van der Waals surface area contributed by atoms with Crippen LogP contribution < -0.4 is 5.73 Å². The van der Waals surface area contributed by atoms with Gasteiger partial charge in [0, 0.05) is 13.1 Å². The summed E-state index contributed by atoms with van der Waals surface area (Å²) in [7, 11) is 0. The fourth-order valence-corrected chi connectivity index (χ4v) is 2.27. The molecule has 0 aromatic rings. The molecule has 16 heavy (non-hydrogen) atoms. The van der Waals surface area contributed by atoms with Gasteiger partial charge >= 0.3 is 0 Å². The fraction of sp³-hybridized carbons (Fsp3) is 0.923. The monoisotopic (exact) mass is 226 g/mol. The molecule has 3 nitrogen and oxygen atoms in total. The average molecular weight is 226 g/mol. The van der Waals surface area contributed by atoms with E-state index in [0.717, 1.165) is 38.3 Å². The van der Waals surface area contributed by atoms with Gasteiger partial charge in [-0.25, -0.2) is 0 Å². The highest BCUT2D eigenvalue weighted by Crippen LogP contribution is 2.21. The van der Waals surface area contributed by atoms with Crippen molar-refractivity contribution in [2.24, 2.45) is 17.6 Å². The highest BCUT2D eigenvalue weighted by atomic mass is 16.2. The number of piperidine rings is 1. The Balaban J connectivity index is 2.44. The predicted octanol–water partition coefficient (Wildman–Crippen LogP) is 2.01. The topological polar surface area (TPSA) is 46.3 Å². The van der Waals surface area contributed by atoms with Crippen LogP contribution in [0.5, 0.6) is 0 Å². The van der Waals surface area contributed by atoms with Crippen molar-refractivity contribution in [2.75, 3.05) is 13.1 Å². The molecule has 0 bridgehead atoms. The molecule has 1 amide bonds. The van der Waals surface area contributed by atoms with Crippen molar-refractivity contribution >= 4 is 5.91 Å². The van der Waals surface area contributed by atoms with E-state index in [1.807, 2.05) is 4.90 Å². The third-order valence-corrected chi connectivity index (χ3v) is 4.05. The van der Waals surface area contributed by atoms with Gasteiger partial charge in [0.15, 0.2) is 0 Å². The molecular weight excluding hydrogens is 200 g/mol. The Morgan fingerprint density at radius 3 is 2.38 bits per heavy atom. The van der Waals surface area contributed by atoms with Crippen LogP contribution in [-0.2, 0) is 4.79 Å². The molecule has 0 aromatic heterocycles. The largest absolute Gasteiger partial charge is 0.341 e. The molecule has 1 heterocycles. The van der Waals surface area contributed by atoms with E-state index < -0.39 is 0 Å². The molecule has 1 aliphatic heterocycles. The smallest absolute Gasteiger partial charge is 0.239 e. The summed E-state index contributed by atoms with van der Waals surface area (Å²) in [5.41, 5.74) is 5.98. The summed E-state index contributed by atoms with van der Waals surface area (Å²) in [5, 5.41) is 0. The molecule has 0 spiro atoms. The zero-order valence-corrected chi connectivity index (χ0v) is 10.9. The van der Waals surface area contributed by atoms with E-state index in [9.17, 15) is 4.79 Å². The molecule has 1 rings (SSSR count). The molecule has 2 atom stereocenters. The Bertz CT molecular complexity index is 222. The lowest BCUT2D eigenvalue weighted by Crippen LogP contribution is -2.49. The first-order valence-electron chi connectivity index (χ1n) is 6.64. The molecule has 0 aliphatic carbocycles. The number of nitrogens with two attached hydrogens (primary N) is 1. The van der Waals surface area contributed by atoms with Crippen molar-refractivity contribution in [2.45, 2.75) is 52.5 Å². The third kappa shape index (κ3) is 3.21. The SMILES string of the molecule is CCC1CCN(C(=O)[C@@H](N)[C@@H](C)CC)CC1. The standard InChI is InChI=1S/C13H26N2O/c1-4-10(3)12(14)13(16)15-8-6-11(5-2)7-9-15/h10-12H,4-9,14H2,1-3H3/t10-,12-/m0/s1. The van der Waals surface area contributed by atoms with Gasteiger partial charge in [-0.3, -0.25) is 4.79 Å². The summed E-state index contributed by atoms with van der Waals surface area (Å²) in [4.78, 5) is 14.1. The second kappa shape index (κ2) is 6.24. The first kappa shape index (κ1) is 13.5. The van der Waals surface area contributed by atoms with E-state index in [0.29, 0.717) is 0 Å². The van der Waals surface area contributed by atoms with Crippen LogP contribution in [0.25, 0.3) is 0 Å². The summed E-state index contributed by atoms with van der Waals surface area (Å²) >= 11 is 0. The summed E-state index contributed by atoms with van der Waals surface area (Å²) in [6.45, 7) is 8.18. The van der Waals surface area contributed by atoms with E-state index >= 15 is 0 Å². The molecule has 1 saturated heterocycles. The lowest BCUT2D eigenvalue weighted by atomic mass is 9.92. The van der Waals surface area contributed by atoms with Gasteiger partial charge in [-0.1, -0.05) is 33.6 Å². The maximum atomic E-state index is 12.1. The normalized spacial score (nSPS) is 21.9. The summed E-state index contributed by atoms with van der Waals surface area (Å²) in [5.74, 6) is 1.25.